The summed E-state index contributed by atoms with van der Waals surface area (Å²) in [4.78, 5) is 12.0. The second-order valence-electron chi connectivity index (χ2n) is 5.76. The normalized spacial score (nSPS) is 11.8. The van der Waals surface area contributed by atoms with Crippen LogP contribution in [0.15, 0.2) is 4.90 Å². The van der Waals surface area contributed by atoms with E-state index in [1.54, 1.807) is 27.7 Å². The van der Waals surface area contributed by atoms with Crippen molar-refractivity contribution < 1.29 is 22.7 Å². The van der Waals surface area contributed by atoms with Crippen molar-refractivity contribution in [3.8, 4) is 5.75 Å². The predicted molar refractivity (Wildman–Crippen MR) is 85.2 cm³/mol. The van der Waals surface area contributed by atoms with E-state index in [1.807, 2.05) is 13.8 Å². The smallest absolute Gasteiger partial charge is 0.337 e. The van der Waals surface area contributed by atoms with Crippen LogP contribution in [0.4, 0.5) is 0 Å². The minimum absolute atomic E-state index is 0.0750. The first-order chi connectivity index (χ1) is 9.96. The van der Waals surface area contributed by atoms with Gasteiger partial charge >= 0.3 is 5.97 Å². The molecule has 0 bridgehead atoms. The Balaban J connectivity index is 3.37. The highest BCUT2D eigenvalue weighted by molar-refractivity contribution is 7.90. The Bertz CT molecular complexity index is 687. The fourth-order valence-electron chi connectivity index (χ4n) is 2.19. The van der Waals surface area contributed by atoms with Crippen LogP contribution in [0.1, 0.15) is 36.1 Å². The monoisotopic (exact) mass is 328 g/mol. The third-order valence-electron chi connectivity index (χ3n) is 3.70. The predicted octanol–water partition coefficient (Wildman–Crippen LogP) is 2.65. The molecule has 0 radical (unpaired) electrons. The molecule has 0 aliphatic rings. The van der Waals surface area contributed by atoms with Crippen molar-refractivity contribution in [2.24, 2.45) is 0 Å². The van der Waals surface area contributed by atoms with Crippen molar-refractivity contribution in [1.82, 2.24) is 0 Å². The van der Waals surface area contributed by atoms with E-state index in [0.29, 0.717) is 11.1 Å². The summed E-state index contributed by atoms with van der Waals surface area (Å²) in [6.07, 6.45) is 1.01. The van der Waals surface area contributed by atoms with Crippen molar-refractivity contribution in [3.63, 3.8) is 0 Å². The Labute approximate surface area is 132 Å². The van der Waals surface area contributed by atoms with E-state index in [9.17, 15) is 13.2 Å². The molecular formula is C16H24O5S. The molecule has 1 aromatic rings. The first-order valence-corrected chi connectivity index (χ1v) is 8.98. The SMILES string of the molecule is Cc1c(C)c(C)c(S(C)(=O)=O)c(OC(=O)COC(C)C)c1C. The van der Waals surface area contributed by atoms with Crippen LogP contribution >= 0.6 is 0 Å². The third kappa shape index (κ3) is 4.08. The van der Waals surface area contributed by atoms with Gasteiger partial charge in [0.05, 0.1) is 6.10 Å². The number of carbonyl (C=O) groups is 1. The highest BCUT2D eigenvalue weighted by atomic mass is 32.2. The van der Waals surface area contributed by atoms with Crippen LogP contribution < -0.4 is 4.74 Å². The lowest BCUT2D eigenvalue weighted by atomic mass is 9.98. The fraction of sp³-hybridized carbons (Fsp3) is 0.562. The largest absolute Gasteiger partial charge is 0.423 e. The van der Waals surface area contributed by atoms with Gasteiger partial charge in [-0.1, -0.05) is 0 Å². The van der Waals surface area contributed by atoms with Gasteiger partial charge in [0, 0.05) is 6.26 Å². The highest BCUT2D eigenvalue weighted by Crippen LogP contribution is 2.36. The van der Waals surface area contributed by atoms with Crippen LogP contribution in [0.5, 0.6) is 5.75 Å². The molecule has 5 nitrogen and oxygen atoms in total. The van der Waals surface area contributed by atoms with Crippen LogP contribution in [0.2, 0.25) is 0 Å². The molecule has 0 spiro atoms. The molecule has 0 unspecified atom stereocenters. The zero-order chi connectivity index (χ0) is 17.2. The summed E-state index contributed by atoms with van der Waals surface area (Å²) in [5.41, 5.74) is 3.06. The Morgan fingerprint density at radius 3 is 1.95 bits per heavy atom. The van der Waals surface area contributed by atoms with E-state index in [-0.39, 0.29) is 23.4 Å². The van der Waals surface area contributed by atoms with E-state index < -0.39 is 15.8 Å². The zero-order valence-electron chi connectivity index (χ0n) is 14.2. The van der Waals surface area contributed by atoms with Gasteiger partial charge in [-0.15, -0.1) is 0 Å². The first kappa shape index (κ1) is 18.6. The summed E-state index contributed by atoms with van der Waals surface area (Å²) in [5, 5.41) is 0. The van der Waals surface area contributed by atoms with Gasteiger partial charge < -0.3 is 9.47 Å². The number of esters is 1. The average molecular weight is 328 g/mol. The summed E-state index contributed by atoms with van der Waals surface area (Å²) in [6, 6.07) is 0. The molecule has 0 heterocycles. The number of hydrogen-bond acceptors (Lipinski definition) is 5. The molecule has 0 fully saturated rings. The molecule has 124 valence electrons. The molecule has 0 aliphatic carbocycles. The topological polar surface area (TPSA) is 69.7 Å². The van der Waals surface area contributed by atoms with Crippen molar-refractivity contribution in [3.05, 3.63) is 22.3 Å². The standard InChI is InChI=1S/C16H24O5S/c1-9(2)20-8-14(17)21-15-12(5)10(3)11(4)13(6)16(15)22(7,18)19/h9H,8H2,1-7H3. The number of ether oxygens (including phenoxy) is 2. The molecule has 0 saturated carbocycles. The van der Waals surface area contributed by atoms with E-state index in [1.165, 1.54) is 0 Å². The quantitative estimate of drug-likeness (QED) is 0.614. The van der Waals surface area contributed by atoms with Crippen LogP contribution in [-0.2, 0) is 19.4 Å². The molecule has 0 aliphatic heterocycles. The summed E-state index contributed by atoms with van der Waals surface area (Å²) >= 11 is 0. The lowest BCUT2D eigenvalue weighted by molar-refractivity contribution is -0.141. The molecule has 6 heteroatoms. The van der Waals surface area contributed by atoms with E-state index in [2.05, 4.69) is 0 Å². The maximum atomic E-state index is 12.1. The summed E-state index contributed by atoms with van der Waals surface area (Å²) in [7, 11) is -3.52. The van der Waals surface area contributed by atoms with Crippen molar-refractivity contribution in [1.29, 1.82) is 0 Å². The number of rotatable bonds is 5. The Kier molecular flexibility index (Phi) is 5.76. The molecule has 0 aromatic heterocycles. The minimum Gasteiger partial charge on any atom is -0.423 e. The van der Waals surface area contributed by atoms with Crippen molar-refractivity contribution in [2.45, 2.75) is 52.5 Å². The summed E-state index contributed by atoms with van der Waals surface area (Å²) in [5.74, 6) is -0.496. The molecule has 0 N–H and O–H groups in total. The number of sulfone groups is 1. The second kappa shape index (κ2) is 6.79. The number of carbonyl (C=O) groups excluding carboxylic acids is 1. The zero-order valence-corrected chi connectivity index (χ0v) is 15.1. The van der Waals surface area contributed by atoms with Gasteiger partial charge in [-0.05, 0) is 63.8 Å². The van der Waals surface area contributed by atoms with Crippen LogP contribution in [0.25, 0.3) is 0 Å². The Morgan fingerprint density at radius 2 is 1.50 bits per heavy atom. The van der Waals surface area contributed by atoms with Gasteiger partial charge in [-0.3, -0.25) is 0 Å². The van der Waals surface area contributed by atoms with E-state index >= 15 is 0 Å². The van der Waals surface area contributed by atoms with Gasteiger partial charge in [0.15, 0.2) is 15.6 Å². The molecule has 0 amide bonds. The molecular weight excluding hydrogens is 304 g/mol. The summed E-state index contributed by atoms with van der Waals surface area (Å²) in [6.45, 7) is 10.6. The fourth-order valence-corrected chi connectivity index (χ4v) is 3.43. The Morgan fingerprint density at radius 1 is 1.00 bits per heavy atom. The lowest BCUT2D eigenvalue weighted by Crippen LogP contribution is -2.21. The van der Waals surface area contributed by atoms with E-state index in [4.69, 9.17) is 9.47 Å². The van der Waals surface area contributed by atoms with Gasteiger partial charge in [-0.25, -0.2) is 13.2 Å². The summed E-state index contributed by atoms with van der Waals surface area (Å²) < 4.78 is 34.8. The maximum Gasteiger partial charge on any atom is 0.337 e. The molecule has 1 aromatic carbocycles. The molecule has 22 heavy (non-hydrogen) atoms. The maximum absolute atomic E-state index is 12.1. The van der Waals surface area contributed by atoms with Crippen molar-refractivity contribution >= 4 is 15.8 Å². The molecule has 0 saturated heterocycles. The van der Waals surface area contributed by atoms with Crippen LogP contribution in [0.3, 0.4) is 0 Å². The molecule has 0 atom stereocenters. The Hall–Kier alpha value is -1.40. The lowest BCUT2D eigenvalue weighted by Gasteiger charge is -2.19. The average Bonchev–Trinajstić information content (AvgIpc) is 2.38. The van der Waals surface area contributed by atoms with Gasteiger partial charge in [-0.2, -0.15) is 0 Å². The molecule has 1 rings (SSSR count). The second-order valence-corrected chi connectivity index (χ2v) is 7.72. The van der Waals surface area contributed by atoms with Crippen molar-refractivity contribution in [2.75, 3.05) is 12.9 Å². The third-order valence-corrected chi connectivity index (χ3v) is 4.93. The van der Waals surface area contributed by atoms with Crippen LogP contribution in [0, 0.1) is 27.7 Å². The van der Waals surface area contributed by atoms with E-state index in [0.717, 1.165) is 17.4 Å². The van der Waals surface area contributed by atoms with Crippen LogP contribution in [-0.4, -0.2) is 33.4 Å². The highest BCUT2D eigenvalue weighted by Gasteiger charge is 2.25. The van der Waals surface area contributed by atoms with Gasteiger partial charge in [0.2, 0.25) is 0 Å². The first-order valence-electron chi connectivity index (χ1n) is 7.09. The minimum atomic E-state index is -3.52. The number of hydrogen-bond donors (Lipinski definition) is 0. The van der Waals surface area contributed by atoms with Gasteiger partial charge in [0.1, 0.15) is 11.5 Å². The number of benzene rings is 1. The van der Waals surface area contributed by atoms with Gasteiger partial charge in [0.25, 0.3) is 0 Å².